The van der Waals surface area contributed by atoms with Crippen LogP contribution in [0.15, 0.2) is 24.3 Å². The summed E-state index contributed by atoms with van der Waals surface area (Å²) >= 11 is 0. The van der Waals surface area contributed by atoms with Gasteiger partial charge in [-0.05, 0) is 31.5 Å². The second kappa shape index (κ2) is 5.73. The molecule has 3 N–H and O–H groups in total. The number of rotatable bonds is 5. The minimum atomic E-state index is -0.130. The van der Waals surface area contributed by atoms with Crippen LogP contribution in [0.5, 0.6) is 0 Å². The standard InChI is InChI=1S/C11H17FN2/c1-9(8-13)14-7-6-10-4-2-3-5-11(10)12/h2-5,9,14H,6-8,13H2,1H3/t9-/m0/s1. The van der Waals surface area contributed by atoms with E-state index in [2.05, 4.69) is 5.32 Å². The molecule has 0 amide bonds. The van der Waals surface area contributed by atoms with Gasteiger partial charge in [0, 0.05) is 12.6 Å². The Morgan fingerprint density at radius 2 is 2.14 bits per heavy atom. The van der Waals surface area contributed by atoms with Gasteiger partial charge < -0.3 is 11.1 Å². The maximum absolute atomic E-state index is 13.1. The Bertz CT molecular complexity index is 276. The Morgan fingerprint density at radius 3 is 2.79 bits per heavy atom. The van der Waals surface area contributed by atoms with Gasteiger partial charge in [0.15, 0.2) is 0 Å². The van der Waals surface area contributed by atoms with Gasteiger partial charge in [0.2, 0.25) is 0 Å². The van der Waals surface area contributed by atoms with Crippen molar-refractivity contribution in [2.45, 2.75) is 19.4 Å². The highest BCUT2D eigenvalue weighted by Crippen LogP contribution is 2.06. The van der Waals surface area contributed by atoms with Crippen LogP contribution in [0.2, 0.25) is 0 Å². The topological polar surface area (TPSA) is 38.0 Å². The van der Waals surface area contributed by atoms with Crippen LogP contribution in [0.25, 0.3) is 0 Å². The average Bonchev–Trinajstić information content (AvgIpc) is 2.20. The lowest BCUT2D eigenvalue weighted by atomic mass is 10.1. The van der Waals surface area contributed by atoms with E-state index in [0.717, 1.165) is 12.1 Å². The van der Waals surface area contributed by atoms with Gasteiger partial charge in [-0.2, -0.15) is 0 Å². The third kappa shape index (κ3) is 3.44. The minimum Gasteiger partial charge on any atom is -0.329 e. The Labute approximate surface area is 84.3 Å². The minimum absolute atomic E-state index is 0.130. The summed E-state index contributed by atoms with van der Waals surface area (Å²) in [5, 5.41) is 3.22. The lowest BCUT2D eigenvalue weighted by molar-refractivity contribution is 0.547. The third-order valence-electron chi connectivity index (χ3n) is 2.20. The van der Waals surface area contributed by atoms with Crippen LogP contribution in [-0.4, -0.2) is 19.1 Å². The molecule has 0 fully saturated rings. The predicted molar refractivity (Wildman–Crippen MR) is 56.6 cm³/mol. The molecule has 2 nitrogen and oxygen atoms in total. The maximum atomic E-state index is 13.1. The first-order chi connectivity index (χ1) is 6.74. The van der Waals surface area contributed by atoms with Crippen molar-refractivity contribution in [3.8, 4) is 0 Å². The van der Waals surface area contributed by atoms with Gasteiger partial charge in [-0.3, -0.25) is 0 Å². The highest BCUT2D eigenvalue weighted by atomic mass is 19.1. The molecule has 0 spiro atoms. The summed E-state index contributed by atoms with van der Waals surface area (Å²) in [5.41, 5.74) is 6.20. The van der Waals surface area contributed by atoms with Crippen molar-refractivity contribution in [3.05, 3.63) is 35.6 Å². The summed E-state index contributed by atoms with van der Waals surface area (Å²) in [6, 6.07) is 7.15. The molecule has 0 unspecified atom stereocenters. The van der Waals surface area contributed by atoms with Crippen molar-refractivity contribution >= 4 is 0 Å². The second-order valence-corrected chi connectivity index (χ2v) is 3.43. The van der Waals surface area contributed by atoms with Crippen LogP contribution < -0.4 is 11.1 Å². The van der Waals surface area contributed by atoms with E-state index < -0.39 is 0 Å². The van der Waals surface area contributed by atoms with Gasteiger partial charge >= 0.3 is 0 Å². The molecule has 1 rings (SSSR count). The molecule has 0 saturated heterocycles. The number of hydrogen-bond acceptors (Lipinski definition) is 2. The fourth-order valence-corrected chi connectivity index (χ4v) is 1.24. The third-order valence-corrected chi connectivity index (χ3v) is 2.20. The van der Waals surface area contributed by atoms with Crippen LogP contribution in [0, 0.1) is 5.82 Å². The van der Waals surface area contributed by atoms with Crippen molar-refractivity contribution in [3.63, 3.8) is 0 Å². The van der Waals surface area contributed by atoms with E-state index in [-0.39, 0.29) is 5.82 Å². The molecule has 3 heteroatoms. The molecule has 0 bridgehead atoms. The van der Waals surface area contributed by atoms with Gasteiger partial charge in [-0.1, -0.05) is 18.2 Å². The van der Waals surface area contributed by atoms with E-state index >= 15 is 0 Å². The first-order valence-corrected chi connectivity index (χ1v) is 4.91. The zero-order chi connectivity index (χ0) is 10.4. The zero-order valence-electron chi connectivity index (χ0n) is 8.46. The number of nitrogens with one attached hydrogen (secondary N) is 1. The quantitative estimate of drug-likeness (QED) is 0.745. The van der Waals surface area contributed by atoms with Crippen molar-refractivity contribution < 1.29 is 4.39 Å². The monoisotopic (exact) mass is 196 g/mol. The number of halogens is 1. The van der Waals surface area contributed by atoms with E-state index in [0.29, 0.717) is 19.0 Å². The fraction of sp³-hybridized carbons (Fsp3) is 0.455. The number of hydrogen-bond donors (Lipinski definition) is 2. The van der Waals surface area contributed by atoms with Gasteiger partial charge in [0.1, 0.15) is 5.82 Å². The molecule has 14 heavy (non-hydrogen) atoms. The molecule has 78 valence electrons. The zero-order valence-corrected chi connectivity index (χ0v) is 8.46. The normalized spacial score (nSPS) is 12.8. The molecular formula is C11H17FN2. The highest BCUT2D eigenvalue weighted by molar-refractivity contribution is 5.17. The van der Waals surface area contributed by atoms with E-state index in [1.807, 2.05) is 19.1 Å². The summed E-state index contributed by atoms with van der Waals surface area (Å²) < 4.78 is 13.1. The number of nitrogens with two attached hydrogens (primary N) is 1. The van der Waals surface area contributed by atoms with Gasteiger partial charge in [-0.15, -0.1) is 0 Å². The van der Waals surface area contributed by atoms with Gasteiger partial charge in [0.05, 0.1) is 0 Å². The van der Waals surface area contributed by atoms with Crippen LogP contribution in [0.1, 0.15) is 12.5 Å². The highest BCUT2D eigenvalue weighted by Gasteiger charge is 2.01. The average molecular weight is 196 g/mol. The summed E-state index contributed by atoms with van der Waals surface area (Å²) in [4.78, 5) is 0. The first kappa shape index (κ1) is 11.1. The first-order valence-electron chi connectivity index (χ1n) is 4.91. The van der Waals surface area contributed by atoms with E-state index in [4.69, 9.17) is 5.73 Å². The van der Waals surface area contributed by atoms with Gasteiger partial charge in [0.25, 0.3) is 0 Å². The summed E-state index contributed by atoms with van der Waals surface area (Å²) in [6.07, 6.45) is 0.705. The Balaban J connectivity index is 2.35. The maximum Gasteiger partial charge on any atom is 0.126 e. The van der Waals surface area contributed by atoms with Crippen LogP contribution in [0.3, 0.4) is 0 Å². The fourth-order valence-electron chi connectivity index (χ4n) is 1.24. The van der Waals surface area contributed by atoms with Crippen LogP contribution in [0.4, 0.5) is 4.39 Å². The molecular weight excluding hydrogens is 179 g/mol. The van der Waals surface area contributed by atoms with Crippen molar-refractivity contribution in [1.29, 1.82) is 0 Å². The SMILES string of the molecule is C[C@@H](CN)NCCc1ccccc1F. The van der Waals surface area contributed by atoms with Crippen LogP contribution >= 0.6 is 0 Å². The largest absolute Gasteiger partial charge is 0.329 e. The molecule has 1 aromatic rings. The molecule has 1 atom stereocenters. The molecule has 0 aliphatic carbocycles. The molecule has 0 aromatic heterocycles. The molecule has 0 heterocycles. The number of benzene rings is 1. The lowest BCUT2D eigenvalue weighted by Gasteiger charge is -2.10. The van der Waals surface area contributed by atoms with E-state index in [1.165, 1.54) is 6.07 Å². The predicted octanol–water partition coefficient (Wildman–Crippen LogP) is 1.30. The van der Waals surface area contributed by atoms with Crippen molar-refractivity contribution in [2.24, 2.45) is 5.73 Å². The molecule has 0 aliphatic heterocycles. The van der Waals surface area contributed by atoms with Crippen molar-refractivity contribution in [1.82, 2.24) is 5.32 Å². The molecule has 1 aromatic carbocycles. The summed E-state index contributed by atoms with van der Waals surface area (Å²) in [5.74, 6) is -0.130. The lowest BCUT2D eigenvalue weighted by Crippen LogP contribution is -2.34. The Hall–Kier alpha value is -0.930. The Kier molecular flexibility index (Phi) is 4.56. The smallest absolute Gasteiger partial charge is 0.126 e. The van der Waals surface area contributed by atoms with Crippen LogP contribution in [-0.2, 0) is 6.42 Å². The second-order valence-electron chi connectivity index (χ2n) is 3.43. The van der Waals surface area contributed by atoms with E-state index in [9.17, 15) is 4.39 Å². The molecule has 0 radical (unpaired) electrons. The van der Waals surface area contributed by atoms with Gasteiger partial charge in [-0.25, -0.2) is 4.39 Å². The Morgan fingerprint density at radius 1 is 1.43 bits per heavy atom. The molecule has 0 saturated carbocycles. The summed E-state index contributed by atoms with van der Waals surface area (Å²) in [6.45, 7) is 3.39. The molecule has 0 aliphatic rings. The van der Waals surface area contributed by atoms with E-state index in [1.54, 1.807) is 6.07 Å². The van der Waals surface area contributed by atoms with Crippen molar-refractivity contribution in [2.75, 3.05) is 13.1 Å². The summed E-state index contributed by atoms with van der Waals surface area (Å²) in [7, 11) is 0.